The Balaban J connectivity index is 1.81. The molecule has 0 aliphatic carbocycles. The van der Waals surface area contributed by atoms with Crippen LogP contribution in [0.3, 0.4) is 0 Å². The molecule has 130 valence electrons. The maximum Gasteiger partial charge on any atom is 0.322 e. The van der Waals surface area contributed by atoms with Gasteiger partial charge in [0.15, 0.2) is 24.0 Å². The van der Waals surface area contributed by atoms with Gasteiger partial charge in [0.25, 0.3) is 5.91 Å². The number of fused-ring (bicyclic) bond motifs is 3. The van der Waals surface area contributed by atoms with Crippen LogP contribution in [0.2, 0.25) is 0 Å². The van der Waals surface area contributed by atoms with Gasteiger partial charge in [-0.15, -0.1) is 0 Å². The molecule has 0 radical (unpaired) electrons. The largest absolute Gasteiger partial charge is 0.480 e. The van der Waals surface area contributed by atoms with Gasteiger partial charge >= 0.3 is 5.97 Å². The Labute approximate surface area is 133 Å². The van der Waals surface area contributed by atoms with Crippen molar-refractivity contribution in [3.05, 3.63) is 0 Å². The van der Waals surface area contributed by atoms with E-state index in [9.17, 15) is 9.59 Å². The Kier molecular flexibility index (Phi) is 3.88. The number of carbonyl (C=O) groups excluding carboxylic acids is 1. The van der Waals surface area contributed by atoms with E-state index in [-0.39, 0.29) is 0 Å². The van der Waals surface area contributed by atoms with Gasteiger partial charge in [-0.05, 0) is 27.7 Å². The second-order valence-electron chi connectivity index (χ2n) is 6.70. The lowest BCUT2D eigenvalue weighted by molar-refractivity contribution is -0.231. The smallest absolute Gasteiger partial charge is 0.322 e. The minimum absolute atomic E-state index is 0.503. The van der Waals surface area contributed by atoms with Crippen LogP contribution in [-0.2, 0) is 33.3 Å². The first kappa shape index (κ1) is 16.6. The zero-order valence-corrected chi connectivity index (χ0v) is 13.4. The van der Waals surface area contributed by atoms with Crippen LogP contribution < -0.4 is 5.32 Å². The number of carboxylic acids is 1. The van der Waals surface area contributed by atoms with Gasteiger partial charge in [0.1, 0.15) is 24.9 Å². The van der Waals surface area contributed by atoms with Crippen molar-refractivity contribution < 1.29 is 38.4 Å². The van der Waals surface area contributed by atoms with E-state index in [1.54, 1.807) is 27.7 Å². The normalized spacial score (nSPS) is 40.3. The number of ether oxygens (including phenoxy) is 5. The lowest BCUT2D eigenvalue weighted by Gasteiger charge is -2.36. The van der Waals surface area contributed by atoms with Crippen LogP contribution in [0.5, 0.6) is 0 Å². The van der Waals surface area contributed by atoms with E-state index in [0.29, 0.717) is 0 Å². The molecule has 3 fully saturated rings. The fourth-order valence-electron chi connectivity index (χ4n) is 3.09. The van der Waals surface area contributed by atoms with Gasteiger partial charge in [0.05, 0.1) is 0 Å². The van der Waals surface area contributed by atoms with Crippen LogP contribution in [0, 0.1) is 0 Å². The molecular formula is C14H21NO8. The van der Waals surface area contributed by atoms with Crippen molar-refractivity contribution in [3.8, 4) is 0 Å². The van der Waals surface area contributed by atoms with Gasteiger partial charge in [-0.2, -0.15) is 0 Å². The fraction of sp³-hybridized carbons (Fsp3) is 0.857. The molecule has 3 aliphatic heterocycles. The van der Waals surface area contributed by atoms with E-state index in [4.69, 9.17) is 28.8 Å². The molecule has 5 atom stereocenters. The minimum atomic E-state index is -1.14. The lowest BCUT2D eigenvalue weighted by atomic mass is 9.98. The molecule has 2 N–H and O–H groups in total. The molecule has 3 saturated heterocycles. The summed E-state index contributed by atoms with van der Waals surface area (Å²) in [7, 11) is 0. The molecule has 0 unspecified atom stereocenters. The Morgan fingerprint density at radius 2 is 1.52 bits per heavy atom. The molecule has 0 aromatic rings. The standard InChI is InChI=1S/C14H21NO8/c1-13(2)20-7-8(21-13)10-12(23-14(3,4)22-10)19-9(7)11(18)15-5-6(16)17/h7-10,12H,5H2,1-4H3,(H,15,18)(H,16,17)/t7-,8-,9+,10+,12+/m1/s1. The highest BCUT2D eigenvalue weighted by Gasteiger charge is 2.62. The molecule has 1 amide bonds. The highest BCUT2D eigenvalue weighted by molar-refractivity contribution is 5.85. The van der Waals surface area contributed by atoms with Gasteiger partial charge in [0, 0.05) is 0 Å². The molecular weight excluding hydrogens is 310 g/mol. The van der Waals surface area contributed by atoms with Crippen molar-refractivity contribution in [1.82, 2.24) is 5.32 Å². The van der Waals surface area contributed by atoms with E-state index in [2.05, 4.69) is 5.32 Å². The van der Waals surface area contributed by atoms with Gasteiger partial charge < -0.3 is 34.1 Å². The first-order valence-electron chi connectivity index (χ1n) is 7.44. The first-order valence-corrected chi connectivity index (χ1v) is 7.44. The zero-order valence-electron chi connectivity index (χ0n) is 13.4. The van der Waals surface area contributed by atoms with Crippen molar-refractivity contribution in [2.24, 2.45) is 0 Å². The predicted molar refractivity (Wildman–Crippen MR) is 73.2 cm³/mol. The van der Waals surface area contributed by atoms with Crippen molar-refractivity contribution in [1.29, 1.82) is 0 Å². The van der Waals surface area contributed by atoms with Crippen molar-refractivity contribution in [3.63, 3.8) is 0 Å². The third kappa shape index (κ3) is 3.20. The van der Waals surface area contributed by atoms with Crippen LogP contribution in [-0.4, -0.2) is 65.8 Å². The van der Waals surface area contributed by atoms with Crippen molar-refractivity contribution in [2.75, 3.05) is 6.54 Å². The second-order valence-corrected chi connectivity index (χ2v) is 6.70. The molecule has 3 heterocycles. The summed E-state index contributed by atoms with van der Waals surface area (Å²) in [6, 6.07) is 0. The first-order chi connectivity index (χ1) is 10.6. The maximum atomic E-state index is 12.3. The zero-order chi connectivity index (χ0) is 17.0. The average molecular weight is 331 g/mol. The van der Waals surface area contributed by atoms with E-state index in [1.807, 2.05) is 0 Å². The molecule has 3 rings (SSSR count). The van der Waals surface area contributed by atoms with E-state index in [0.717, 1.165) is 0 Å². The quantitative estimate of drug-likeness (QED) is 0.717. The Bertz CT molecular complexity index is 519. The molecule has 0 saturated carbocycles. The summed E-state index contributed by atoms with van der Waals surface area (Å²) in [5.74, 6) is -3.51. The number of rotatable bonds is 3. The second kappa shape index (κ2) is 5.38. The number of aliphatic carboxylic acids is 1. The van der Waals surface area contributed by atoms with Gasteiger partial charge in [-0.3, -0.25) is 9.59 Å². The number of hydrogen-bond donors (Lipinski definition) is 2. The van der Waals surface area contributed by atoms with Crippen LogP contribution in [0.4, 0.5) is 0 Å². The van der Waals surface area contributed by atoms with Crippen LogP contribution in [0.25, 0.3) is 0 Å². The Morgan fingerprint density at radius 1 is 0.957 bits per heavy atom. The molecule has 0 bridgehead atoms. The third-order valence-corrected chi connectivity index (χ3v) is 3.83. The molecule has 3 aliphatic rings. The highest BCUT2D eigenvalue weighted by atomic mass is 16.9. The molecule has 0 spiro atoms. The van der Waals surface area contributed by atoms with E-state index >= 15 is 0 Å². The third-order valence-electron chi connectivity index (χ3n) is 3.83. The molecule has 0 aromatic heterocycles. The number of carboxylic acid groups (broad SMARTS) is 1. The molecule has 9 heteroatoms. The summed E-state index contributed by atoms with van der Waals surface area (Å²) < 4.78 is 28.8. The summed E-state index contributed by atoms with van der Waals surface area (Å²) in [6.45, 7) is 6.44. The Hall–Kier alpha value is -1.26. The summed E-state index contributed by atoms with van der Waals surface area (Å²) >= 11 is 0. The van der Waals surface area contributed by atoms with Crippen LogP contribution >= 0.6 is 0 Å². The molecule has 0 aromatic carbocycles. The van der Waals surface area contributed by atoms with Gasteiger partial charge in [0.2, 0.25) is 0 Å². The van der Waals surface area contributed by atoms with Crippen molar-refractivity contribution in [2.45, 2.75) is 70.0 Å². The topological polar surface area (TPSA) is 113 Å². The van der Waals surface area contributed by atoms with Gasteiger partial charge in [-0.1, -0.05) is 0 Å². The predicted octanol–water partition coefficient (Wildman–Crippen LogP) is -0.416. The van der Waals surface area contributed by atoms with E-state index < -0.39 is 60.7 Å². The number of hydrogen-bond acceptors (Lipinski definition) is 7. The minimum Gasteiger partial charge on any atom is -0.480 e. The SMILES string of the molecule is CC1(C)O[C@@H]2O[C@H](C(=O)NCC(=O)O)[C@@H]3OC(C)(C)O[C@H]3[C@@H]2O1. The van der Waals surface area contributed by atoms with Gasteiger partial charge in [-0.25, -0.2) is 0 Å². The average Bonchev–Trinajstić information content (AvgIpc) is 2.89. The fourth-order valence-corrected chi connectivity index (χ4v) is 3.09. The number of carbonyl (C=O) groups is 2. The lowest BCUT2D eigenvalue weighted by Crippen LogP contribution is -2.59. The summed E-state index contributed by atoms with van der Waals surface area (Å²) in [5.41, 5.74) is 0. The number of nitrogens with one attached hydrogen (secondary N) is 1. The van der Waals surface area contributed by atoms with E-state index in [1.165, 1.54) is 0 Å². The molecule has 9 nitrogen and oxygen atoms in total. The number of amides is 1. The monoisotopic (exact) mass is 331 g/mol. The Morgan fingerprint density at radius 3 is 2.17 bits per heavy atom. The summed E-state index contributed by atoms with van der Waals surface area (Å²) in [6.07, 6.45) is -3.62. The summed E-state index contributed by atoms with van der Waals surface area (Å²) in [5, 5.41) is 11.0. The maximum absolute atomic E-state index is 12.3. The highest BCUT2D eigenvalue weighted by Crippen LogP contribution is 2.44. The molecule has 23 heavy (non-hydrogen) atoms. The van der Waals surface area contributed by atoms with Crippen LogP contribution in [0.15, 0.2) is 0 Å². The summed E-state index contributed by atoms with van der Waals surface area (Å²) in [4.78, 5) is 22.9. The van der Waals surface area contributed by atoms with Crippen LogP contribution in [0.1, 0.15) is 27.7 Å². The van der Waals surface area contributed by atoms with Crippen molar-refractivity contribution >= 4 is 11.9 Å².